The van der Waals surface area contributed by atoms with E-state index in [1.165, 1.54) is 0 Å². The smallest absolute Gasteiger partial charge is 0.270 e. The molecule has 0 saturated carbocycles. The van der Waals surface area contributed by atoms with Gasteiger partial charge in [-0.15, -0.1) is 0 Å². The normalized spacial score (nSPS) is 11.8. The van der Waals surface area contributed by atoms with E-state index < -0.39 is 0 Å². The molecule has 0 atom stereocenters. The minimum Gasteiger partial charge on any atom is -0.385 e. The maximum Gasteiger partial charge on any atom is 0.270 e. The van der Waals surface area contributed by atoms with Crippen molar-refractivity contribution < 1.29 is 9.53 Å². The number of nitrogens with zero attached hydrogens (tertiary/aromatic N) is 3. The van der Waals surface area contributed by atoms with Crippen LogP contribution in [0, 0.1) is 0 Å². The SMILES string of the molecule is COCCCNC(=O)c1cc(-c2ccccc2Cl)nc2cc(C(C)(C)C)nn12. The van der Waals surface area contributed by atoms with Gasteiger partial charge in [0.15, 0.2) is 5.65 Å². The van der Waals surface area contributed by atoms with Crippen molar-refractivity contribution in [1.29, 1.82) is 0 Å². The maximum absolute atomic E-state index is 12.9. The number of hydrogen-bond acceptors (Lipinski definition) is 4. The number of nitrogens with one attached hydrogen (secondary N) is 1. The second kappa shape index (κ2) is 8.29. The summed E-state index contributed by atoms with van der Waals surface area (Å²) in [6, 6.07) is 11.1. The van der Waals surface area contributed by atoms with E-state index in [2.05, 4.69) is 31.2 Å². The molecule has 1 aromatic carbocycles. The molecule has 0 saturated heterocycles. The lowest BCUT2D eigenvalue weighted by Gasteiger charge is -2.13. The van der Waals surface area contributed by atoms with Crippen LogP contribution < -0.4 is 5.32 Å². The number of carbonyl (C=O) groups is 1. The highest BCUT2D eigenvalue weighted by atomic mass is 35.5. The van der Waals surface area contributed by atoms with Gasteiger partial charge in [0.2, 0.25) is 0 Å². The summed E-state index contributed by atoms with van der Waals surface area (Å²) in [5, 5.41) is 8.15. The summed E-state index contributed by atoms with van der Waals surface area (Å²) in [4.78, 5) is 17.6. The molecule has 1 N–H and O–H groups in total. The topological polar surface area (TPSA) is 68.5 Å². The molecule has 2 heterocycles. The Bertz CT molecular complexity index is 992. The van der Waals surface area contributed by atoms with Gasteiger partial charge >= 0.3 is 0 Å². The highest BCUT2D eigenvalue weighted by Gasteiger charge is 2.22. The molecule has 3 aromatic rings. The number of hydrogen-bond donors (Lipinski definition) is 1. The number of ether oxygens (including phenoxy) is 1. The van der Waals surface area contributed by atoms with Crippen LogP contribution in [0.15, 0.2) is 36.4 Å². The van der Waals surface area contributed by atoms with Crippen LogP contribution in [0.3, 0.4) is 0 Å². The first-order chi connectivity index (χ1) is 13.3. The van der Waals surface area contributed by atoms with E-state index in [4.69, 9.17) is 21.3 Å². The molecular weight excluding hydrogens is 376 g/mol. The van der Waals surface area contributed by atoms with Crippen LogP contribution in [0.2, 0.25) is 5.02 Å². The standard InChI is InChI=1S/C21H25ClN4O2/c1-21(2,3)18-13-19-24-16(14-8-5-6-9-15(14)22)12-17(26(19)25-18)20(27)23-10-7-11-28-4/h5-6,8-9,12-13H,7,10-11H2,1-4H3,(H,23,27). The van der Waals surface area contributed by atoms with Crippen molar-refractivity contribution in [2.75, 3.05) is 20.3 Å². The van der Waals surface area contributed by atoms with Crippen molar-refractivity contribution >= 4 is 23.2 Å². The maximum atomic E-state index is 12.9. The van der Waals surface area contributed by atoms with E-state index in [1.807, 2.05) is 30.3 Å². The highest BCUT2D eigenvalue weighted by Crippen LogP contribution is 2.29. The van der Waals surface area contributed by atoms with Crippen LogP contribution in [-0.4, -0.2) is 40.8 Å². The molecular formula is C21H25ClN4O2. The van der Waals surface area contributed by atoms with Crippen molar-refractivity contribution in [2.45, 2.75) is 32.6 Å². The van der Waals surface area contributed by atoms with Crippen LogP contribution in [0.1, 0.15) is 43.4 Å². The number of fused-ring (bicyclic) bond motifs is 1. The van der Waals surface area contributed by atoms with Gasteiger partial charge in [0.1, 0.15) is 5.69 Å². The fourth-order valence-electron chi connectivity index (χ4n) is 2.82. The fraction of sp³-hybridized carbons (Fsp3) is 0.381. The minimum absolute atomic E-state index is 0.162. The Hall–Kier alpha value is -2.44. The van der Waals surface area contributed by atoms with Gasteiger partial charge in [0.25, 0.3) is 5.91 Å². The molecule has 0 aliphatic carbocycles. The second-order valence-electron chi connectivity index (χ2n) is 7.66. The second-order valence-corrected chi connectivity index (χ2v) is 8.07. The Morgan fingerprint density at radius 3 is 2.68 bits per heavy atom. The van der Waals surface area contributed by atoms with Crippen molar-refractivity contribution in [3.05, 3.63) is 52.8 Å². The van der Waals surface area contributed by atoms with E-state index >= 15 is 0 Å². The summed E-state index contributed by atoms with van der Waals surface area (Å²) < 4.78 is 6.64. The Kier molecular flexibility index (Phi) is 6.01. The molecule has 0 bridgehead atoms. The van der Waals surface area contributed by atoms with E-state index in [0.717, 1.165) is 17.7 Å². The molecule has 3 rings (SSSR count). The minimum atomic E-state index is -0.208. The summed E-state index contributed by atoms with van der Waals surface area (Å²) in [5.74, 6) is -0.208. The summed E-state index contributed by atoms with van der Waals surface area (Å²) in [6.07, 6.45) is 0.736. The number of benzene rings is 1. The molecule has 0 unspecified atom stereocenters. The van der Waals surface area contributed by atoms with Gasteiger partial charge in [-0.2, -0.15) is 5.10 Å². The molecule has 7 heteroatoms. The van der Waals surface area contributed by atoms with Crippen LogP contribution in [-0.2, 0) is 10.2 Å². The molecule has 0 fully saturated rings. The summed E-state index contributed by atoms with van der Waals surface area (Å²) in [5.41, 5.74) is 3.16. The van der Waals surface area contributed by atoms with E-state index in [1.54, 1.807) is 17.7 Å². The zero-order chi connectivity index (χ0) is 20.3. The molecule has 0 aliphatic heterocycles. The highest BCUT2D eigenvalue weighted by molar-refractivity contribution is 6.33. The fourth-order valence-corrected chi connectivity index (χ4v) is 3.05. The predicted molar refractivity (Wildman–Crippen MR) is 111 cm³/mol. The van der Waals surface area contributed by atoms with Crippen LogP contribution >= 0.6 is 11.6 Å². The third kappa shape index (κ3) is 4.34. The summed E-state index contributed by atoms with van der Waals surface area (Å²) >= 11 is 6.36. The zero-order valence-electron chi connectivity index (χ0n) is 16.6. The van der Waals surface area contributed by atoms with Gasteiger partial charge < -0.3 is 10.1 Å². The first-order valence-corrected chi connectivity index (χ1v) is 9.62. The van der Waals surface area contributed by atoms with E-state index in [9.17, 15) is 4.79 Å². The predicted octanol–water partition coefficient (Wildman–Crippen LogP) is 4.11. The summed E-state index contributed by atoms with van der Waals surface area (Å²) in [7, 11) is 1.64. The Balaban J connectivity index is 2.09. The van der Waals surface area contributed by atoms with E-state index in [0.29, 0.717) is 35.2 Å². The lowest BCUT2D eigenvalue weighted by molar-refractivity contribution is 0.0941. The monoisotopic (exact) mass is 400 g/mol. The number of rotatable bonds is 6. The van der Waals surface area contributed by atoms with Gasteiger partial charge in [0.05, 0.1) is 11.4 Å². The number of halogens is 1. The number of carbonyl (C=O) groups excluding carboxylic acids is 1. The van der Waals surface area contributed by atoms with Gasteiger partial charge in [-0.1, -0.05) is 50.6 Å². The Morgan fingerprint density at radius 2 is 2.00 bits per heavy atom. The van der Waals surface area contributed by atoms with Crippen molar-refractivity contribution in [3.8, 4) is 11.3 Å². The molecule has 1 amide bonds. The lowest BCUT2D eigenvalue weighted by atomic mass is 9.93. The first-order valence-electron chi connectivity index (χ1n) is 9.24. The third-order valence-electron chi connectivity index (χ3n) is 4.39. The van der Waals surface area contributed by atoms with Crippen molar-refractivity contribution in [2.24, 2.45) is 0 Å². The average molecular weight is 401 g/mol. The molecule has 0 aliphatic rings. The van der Waals surface area contributed by atoms with Crippen LogP contribution in [0.5, 0.6) is 0 Å². The van der Waals surface area contributed by atoms with Gasteiger partial charge in [-0.3, -0.25) is 4.79 Å². The average Bonchev–Trinajstić information content (AvgIpc) is 3.09. The van der Waals surface area contributed by atoms with Crippen LogP contribution in [0.4, 0.5) is 0 Å². The third-order valence-corrected chi connectivity index (χ3v) is 4.72. The molecule has 28 heavy (non-hydrogen) atoms. The number of methoxy groups -OCH3 is 1. The molecule has 0 radical (unpaired) electrons. The number of amides is 1. The lowest BCUT2D eigenvalue weighted by Crippen LogP contribution is -2.27. The zero-order valence-corrected chi connectivity index (χ0v) is 17.4. The summed E-state index contributed by atoms with van der Waals surface area (Å²) in [6.45, 7) is 7.34. The Morgan fingerprint density at radius 1 is 1.25 bits per heavy atom. The van der Waals surface area contributed by atoms with Gasteiger partial charge in [-0.05, 0) is 18.6 Å². The Labute approximate surface area is 169 Å². The van der Waals surface area contributed by atoms with Gasteiger partial charge in [0, 0.05) is 42.3 Å². The molecule has 2 aromatic heterocycles. The van der Waals surface area contributed by atoms with Crippen LogP contribution in [0.25, 0.3) is 16.9 Å². The van der Waals surface area contributed by atoms with Gasteiger partial charge in [-0.25, -0.2) is 9.50 Å². The quantitative estimate of drug-likeness (QED) is 0.632. The first kappa shape index (κ1) is 20.3. The largest absolute Gasteiger partial charge is 0.385 e. The van der Waals surface area contributed by atoms with Crippen molar-refractivity contribution in [3.63, 3.8) is 0 Å². The number of aromatic nitrogens is 3. The van der Waals surface area contributed by atoms with E-state index in [-0.39, 0.29) is 11.3 Å². The molecule has 148 valence electrons. The molecule has 6 nitrogen and oxygen atoms in total. The molecule has 0 spiro atoms. The van der Waals surface area contributed by atoms with Crippen molar-refractivity contribution in [1.82, 2.24) is 19.9 Å².